The second-order valence-corrected chi connectivity index (χ2v) is 5.90. The molecule has 2 rings (SSSR count). The molecule has 2 amide bonds. The van der Waals surface area contributed by atoms with E-state index in [2.05, 4.69) is 10.6 Å². The van der Waals surface area contributed by atoms with Crippen LogP contribution in [-0.4, -0.2) is 25.4 Å². The maximum absolute atomic E-state index is 11.8. The summed E-state index contributed by atoms with van der Waals surface area (Å²) in [5.74, 6) is 3.07. The van der Waals surface area contributed by atoms with Gasteiger partial charge in [-0.3, -0.25) is 0 Å². The molecule has 0 unspecified atom stereocenters. The maximum Gasteiger partial charge on any atom is 0.319 e. The first-order valence-electron chi connectivity index (χ1n) is 6.67. The van der Waals surface area contributed by atoms with Crippen molar-refractivity contribution in [2.45, 2.75) is 5.75 Å². The Morgan fingerprint density at radius 2 is 2.27 bits per heavy atom. The first-order valence-corrected chi connectivity index (χ1v) is 8.21. The van der Waals surface area contributed by atoms with Crippen LogP contribution in [0.3, 0.4) is 0 Å². The van der Waals surface area contributed by atoms with Crippen molar-refractivity contribution in [3.63, 3.8) is 0 Å². The summed E-state index contributed by atoms with van der Waals surface area (Å²) in [6.45, 7) is 0.556. The number of amides is 2. The molecule has 0 aliphatic carbocycles. The van der Waals surface area contributed by atoms with Gasteiger partial charge in [0, 0.05) is 17.3 Å². The number of anilines is 1. The van der Waals surface area contributed by atoms with Crippen LogP contribution >= 0.6 is 23.4 Å². The number of carbonyl (C=O) groups is 1. The van der Waals surface area contributed by atoms with E-state index >= 15 is 0 Å². The van der Waals surface area contributed by atoms with E-state index in [1.165, 1.54) is 7.11 Å². The number of halogens is 1. The van der Waals surface area contributed by atoms with Gasteiger partial charge >= 0.3 is 6.03 Å². The van der Waals surface area contributed by atoms with Crippen molar-refractivity contribution in [2.24, 2.45) is 0 Å². The Morgan fingerprint density at radius 3 is 3.00 bits per heavy atom. The summed E-state index contributed by atoms with van der Waals surface area (Å²) in [5, 5.41) is 6.03. The lowest BCUT2D eigenvalue weighted by Crippen LogP contribution is -2.30. The smallest absolute Gasteiger partial charge is 0.319 e. The normalized spacial score (nSPS) is 10.3. The molecule has 22 heavy (non-hydrogen) atoms. The first-order chi connectivity index (χ1) is 10.7. The highest BCUT2D eigenvalue weighted by Gasteiger charge is 2.07. The number of hydrogen-bond donors (Lipinski definition) is 2. The van der Waals surface area contributed by atoms with Crippen molar-refractivity contribution in [1.82, 2.24) is 5.32 Å². The molecule has 0 fully saturated rings. The van der Waals surface area contributed by atoms with Gasteiger partial charge < -0.3 is 19.8 Å². The van der Waals surface area contributed by atoms with Gasteiger partial charge in [0.05, 0.1) is 24.8 Å². The van der Waals surface area contributed by atoms with Gasteiger partial charge in [-0.15, -0.1) is 0 Å². The number of methoxy groups -OCH3 is 1. The van der Waals surface area contributed by atoms with E-state index in [-0.39, 0.29) is 6.03 Å². The molecule has 0 aliphatic heterocycles. The molecule has 1 aromatic carbocycles. The molecular weight excluding hydrogens is 324 g/mol. The van der Waals surface area contributed by atoms with Crippen LogP contribution in [0.25, 0.3) is 0 Å². The molecule has 2 N–H and O–H groups in total. The summed E-state index contributed by atoms with van der Waals surface area (Å²) in [5.41, 5.74) is 0.538. The highest BCUT2D eigenvalue weighted by molar-refractivity contribution is 7.98. The lowest BCUT2D eigenvalue weighted by molar-refractivity contribution is 0.252. The minimum absolute atomic E-state index is 0.292. The number of rotatable bonds is 7. The van der Waals surface area contributed by atoms with Gasteiger partial charge in [0.15, 0.2) is 0 Å². The zero-order chi connectivity index (χ0) is 15.8. The Bertz CT molecular complexity index is 605. The monoisotopic (exact) mass is 340 g/mol. The number of hydrogen-bond acceptors (Lipinski definition) is 4. The molecular formula is C15H17ClN2O3S. The van der Waals surface area contributed by atoms with Gasteiger partial charge in [0.25, 0.3) is 0 Å². The van der Waals surface area contributed by atoms with Gasteiger partial charge in [0.2, 0.25) is 0 Å². The average Bonchev–Trinajstić information content (AvgIpc) is 3.00. The molecule has 0 saturated heterocycles. The van der Waals surface area contributed by atoms with Crippen molar-refractivity contribution >= 4 is 35.1 Å². The van der Waals surface area contributed by atoms with E-state index in [1.54, 1.807) is 36.2 Å². The number of nitrogens with one attached hydrogen (secondary N) is 2. The second-order valence-electron chi connectivity index (χ2n) is 4.36. The summed E-state index contributed by atoms with van der Waals surface area (Å²) in [4.78, 5) is 11.8. The average molecular weight is 341 g/mol. The molecule has 7 heteroatoms. The van der Waals surface area contributed by atoms with Crippen LogP contribution in [0, 0.1) is 0 Å². The largest absolute Gasteiger partial charge is 0.495 e. The van der Waals surface area contributed by atoms with Crippen LogP contribution in [0.1, 0.15) is 5.76 Å². The summed E-state index contributed by atoms with van der Waals surface area (Å²) in [7, 11) is 1.54. The maximum atomic E-state index is 11.8. The Kier molecular flexibility index (Phi) is 6.48. The van der Waals surface area contributed by atoms with E-state index in [9.17, 15) is 4.79 Å². The van der Waals surface area contributed by atoms with Crippen molar-refractivity contribution in [3.05, 3.63) is 47.4 Å². The summed E-state index contributed by atoms with van der Waals surface area (Å²) in [6.07, 6.45) is 1.65. The van der Waals surface area contributed by atoms with Crippen molar-refractivity contribution in [1.29, 1.82) is 0 Å². The van der Waals surface area contributed by atoms with Gasteiger partial charge in [0.1, 0.15) is 11.5 Å². The minimum Gasteiger partial charge on any atom is -0.495 e. The van der Waals surface area contributed by atoms with Gasteiger partial charge in [-0.2, -0.15) is 11.8 Å². The van der Waals surface area contributed by atoms with E-state index in [4.69, 9.17) is 20.8 Å². The zero-order valence-electron chi connectivity index (χ0n) is 12.1. The third-order valence-electron chi connectivity index (χ3n) is 2.77. The van der Waals surface area contributed by atoms with Crippen molar-refractivity contribution in [3.8, 4) is 5.75 Å². The topological polar surface area (TPSA) is 63.5 Å². The number of benzene rings is 1. The Balaban J connectivity index is 1.70. The molecule has 1 aromatic heterocycles. The molecule has 5 nitrogen and oxygen atoms in total. The number of thioether (sulfide) groups is 1. The van der Waals surface area contributed by atoms with E-state index < -0.39 is 0 Å². The molecule has 1 heterocycles. The summed E-state index contributed by atoms with van der Waals surface area (Å²) < 4.78 is 10.4. The predicted molar refractivity (Wildman–Crippen MR) is 89.9 cm³/mol. The van der Waals surface area contributed by atoms with Crippen LogP contribution in [-0.2, 0) is 5.75 Å². The molecule has 0 radical (unpaired) electrons. The third kappa shape index (κ3) is 5.20. The standard InChI is InChI=1S/C15H17ClN2O3S/c1-20-14-5-4-11(16)9-13(14)18-15(19)17-6-8-22-10-12-3-2-7-21-12/h2-5,7,9H,6,8,10H2,1H3,(H2,17,18,19). The van der Waals surface area contributed by atoms with Crippen LogP contribution in [0.15, 0.2) is 41.0 Å². The SMILES string of the molecule is COc1ccc(Cl)cc1NC(=O)NCCSCc1ccco1. The van der Waals surface area contributed by atoms with Gasteiger partial charge in [-0.1, -0.05) is 11.6 Å². The number of ether oxygens (including phenoxy) is 1. The fourth-order valence-electron chi connectivity index (χ4n) is 1.75. The zero-order valence-corrected chi connectivity index (χ0v) is 13.7. The van der Waals surface area contributed by atoms with Crippen LogP contribution < -0.4 is 15.4 Å². The van der Waals surface area contributed by atoms with E-state index in [0.29, 0.717) is 23.0 Å². The molecule has 118 valence electrons. The first kappa shape index (κ1) is 16.6. The summed E-state index contributed by atoms with van der Waals surface area (Å²) >= 11 is 7.60. The van der Waals surface area contributed by atoms with Crippen LogP contribution in [0.2, 0.25) is 5.02 Å². The number of furan rings is 1. The Hall–Kier alpha value is -1.79. The summed E-state index contributed by atoms with van der Waals surface area (Å²) in [6, 6.07) is 8.55. The highest BCUT2D eigenvalue weighted by atomic mass is 35.5. The molecule has 0 atom stereocenters. The minimum atomic E-state index is -0.292. The van der Waals surface area contributed by atoms with Crippen molar-refractivity contribution in [2.75, 3.05) is 24.7 Å². The van der Waals surface area contributed by atoms with Crippen LogP contribution in [0.5, 0.6) is 5.75 Å². The fraction of sp³-hybridized carbons (Fsp3) is 0.267. The number of urea groups is 1. The van der Waals surface area contributed by atoms with Crippen molar-refractivity contribution < 1.29 is 13.9 Å². The lowest BCUT2D eigenvalue weighted by atomic mass is 10.3. The van der Waals surface area contributed by atoms with Gasteiger partial charge in [-0.25, -0.2) is 4.79 Å². The van der Waals surface area contributed by atoms with E-state index in [1.807, 2.05) is 12.1 Å². The lowest BCUT2D eigenvalue weighted by Gasteiger charge is -2.11. The second kappa shape index (κ2) is 8.60. The molecule has 0 saturated carbocycles. The Labute approximate surface area is 138 Å². The molecule has 0 spiro atoms. The fourth-order valence-corrected chi connectivity index (χ4v) is 2.68. The predicted octanol–water partition coefficient (Wildman–Crippen LogP) is 4.00. The molecule has 0 bridgehead atoms. The Morgan fingerprint density at radius 1 is 1.41 bits per heavy atom. The molecule has 0 aliphatic rings. The quantitative estimate of drug-likeness (QED) is 0.748. The third-order valence-corrected chi connectivity index (χ3v) is 3.98. The van der Waals surface area contributed by atoms with Gasteiger partial charge in [-0.05, 0) is 30.3 Å². The number of carbonyl (C=O) groups excluding carboxylic acids is 1. The van der Waals surface area contributed by atoms with E-state index in [0.717, 1.165) is 17.3 Å². The highest BCUT2D eigenvalue weighted by Crippen LogP contribution is 2.27. The molecule has 2 aromatic rings. The van der Waals surface area contributed by atoms with Crippen LogP contribution in [0.4, 0.5) is 10.5 Å².